The number of hydrogen-bond donors (Lipinski definition) is 2. The number of ether oxygens (including phenoxy) is 1. The highest BCUT2D eigenvalue weighted by molar-refractivity contribution is 9.10. The Bertz CT molecular complexity index is 719. The van der Waals surface area contributed by atoms with Gasteiger partial charge in [-0.15, -0.1) is 0 Å². The molecule has 0 fully saturated rings. The monoisotopic (exact) mass is 397 g/mol. The summed E-state index contributed by atoms with van der Waals surface area (Å²) in [4.78, 5) is 23.5. The molecule has 0 unspecified atom stereocenters. The number of nitrogens with one attached hydrogen (secondary N) is 1. The lowest BCUT2D eigenvalue weighted by molar-refractivity contribution is -0.124. The highest BCUT2D eigenvalue weighted by Gasteiger charge is 2.14. The van der Waals surface area contributed by atoms with Crippen LogP contribution >= 0.6 is 27.5 Å². The molecule has 0 bridgehead atoms. The van der Waals surface area contributed by atoms with E-state index in [4.69, 9.17) is 16.3 Å². The SMILES string of the molecule is O=C(COC(=O)c1cc(Br)ccc1O)NCc1ccc(Cl)cc1. The quantitative estimate of drug-likeness (QED) is 0.758. The summed E-state index contributed by atoms with van der Waals surface area (Å²) in [7, 11) is 0. The molecule has 2 N–H and O–H groups in total. The molecule has 0 aliphatic heterocycles. The van der Waals surface area contributed by atoms with E-state index >= 15 is 0 Å². The second-order valence-electron chi connectivity index (χ2n) is 4.64. The Kier molecular flexibility index (Phi) is 6.01. The van der Waals surface area contributed by atoms with Gasteiger partial charge in [0.2, 0.25) is 0 Å². The normalized spacial score (nSPS) is 10.2. The molecule has 23 heavy (non-hydrogen) atoms. The summed E-state index contributed by atoms with van der Waals surface area (Å²) in [5.74, 6) is -1.42. The van der Waals surface area contributed by atoms with Crippen molar-refractivity contribution in [2.75, 3.05) is 6.61 Å². The molecule has 0 atom stereocenters. The van der Waals surface area contributed by atoms with Gasteiger partial charge in [0.15, 0.2) is 6.61 Å². The van der Waals surface area contributed by atoms with E-state index in [2.05, 4.69) is 21.2 Å². The Morgan fingerprint density at radius 3 is 2.57 bits per heavy atom. The van der Waals surface area contributed by atoms with E-state index in [-0.39, 0.29) is 11.3 Å². The van der Waals surface area contributed by atoms with E-state index < -0.39 is 18.5 Å². The van der Waals surface area contributed by atoms with Crippen LogP contribution in [0.4, 0.5) is 0 Å². The summed E-state index contributed by atoms with van der Waals surface area (Å²) in [6, 6.07) is 11.4. The summed E-state index contributed by atoms with van der Waals surface area (Å²) in [5, 5.41) is 12.8. The first-order chi connectivity index (χ1) is 11.0. The number of rotatable bonds is 5. The third-order valence-corrected chi connectivity index (χ3v) is 3.66. The van der Waals surface area contributed by atoms with Crippen molar-refractivity contribution in [2.24, 2.45) is 0 Å². The molecule has 0 radical (unpaired) electrons. The van der Waals surface area contributed by atoms with Crippen molar-refractivity contribution in [3.63, 3.8) is 0 Å². The fraction of sp³-hybridized carbons (Fsp3) is 0.125. The van der Waals surface area contributed by atoms with Gasteiger partial charge in [-0.05, 0) is 35.9 Å². The van der Waals surface area contributed by atoms with Gasteiger partial charge in [-0.3, -0.25) is 4.79 Å². The summed E-state index contributed by atoms with van der Waals surface area (Å²) >= 11 is 8.97. The molecule has 0 aliphatic rings. The van der Waals surface area contributed by atoms with Crippen LogP contribution in [0.2, 0.25) is 5.02 Å². The van der Waals surface area contributed by atoms with Crippen LogP contribution in [-0.4, -0.2) is 23.6 Å². The third-order valence-electron chi connectivity index (χ3n) is 2.92. The van der Waals surface area contributed by atoms with Crippen LogP contribution in [0, 0.1) is 0 Å². The molecule has 0 heterocycles. The Morgan fingerprint density at radius 1 is 1.17 bits per heavy atom. The average Bonchev–Trinajstić information content (AvgIpc) is 2.54. The number of halogens is 2. The molecule has 2 aromatic carbocycles. The van der Waals surface area contributed by atoms with Crippen molar-refractivity contribution in [2.45, 2.75) is 6.54 Å². The number of aromatic hydroxyl groups is 1. The molecular weight excluding hydrogens is 386 g/mol. The van der Waals surface area contributed by atoms with Gasteiger partial charge < -0.3 is 15.2 Å². The van der Waals surface area contributed by atoms with Gasteiger partial charge in [0.05, 0.1) is 0 Å². The van der Waals surface area contributed by atoms with E-state index in [1.807, 2.05) is 0 Å². The summed E-state index contributed by atoms with van der Waals surface area (Å²) in [5.41, 5.74) is 0.864. The van der Waals surface area contributed by atoms with Crippen LogP contribution in [0.25, 0.3) is 0 Å². The van der Waals surface area contributed by atoms with Crippen molar-refractivity contribution in [1.29, 1.82) is 0 Å². The minimum Gasteiger partial charge on any atom is -0.507 e. The third kappa shape index (κ3) is 5.26. The van der Waals surface area contributed by atoms with Gasteiger partial charge in [0.25, 0.3) is 5.91 Å². The molecular formula is C16H13BrClNO4. The number of phenolic OH excluding ortho intramolecular Hbond substituents is 1. The predicted molar refractivity (Wildman–Crippen MR) is 89.4 cm³/mol. The molecule has 0 aromatic heterocycles. The minimum absolute atomic E-state index is 0.00937. The van der Waals surface area contributed by atoms with E-state index in [9.17, 15) is 14.7 Å². The Hall–Kier alpha value is -2.05. The molecule has 5 nitrogen and oxygen atoms in total. The molecule has 1 amide bonds. The van der Waals surface area contributed by atoms with E-state index in [1.54, 1.807) is 30.3 Å². The molecule has 2 rings (SSSR count). The van der Waals surface area contributed by atoms with Crippen LogP contribution < -0.4 is 5.32 Å². The topological polar surface area (TPSA) is 75.6 Å². The highest BCUT2D eigenvalue weighted by atomic mass is 79.9. The highest BCUT2D eigenvalue weighted by Crippen LogP contribution is 2.22. The first-order valence-electron chi connectivity index (χ1n) is 6.62. The van der Waals surface area contributed by atoms with Gasteiger partial charge in [-0.25, -0.2) is 4.79 Å². The zero-order chi connectivity index (χ0) is 16.8. The average molecular weight is 399 g/mol. The van der Waals surface area contributed by atoms with Crippen LogP contribution in [0.15, 0.2) is 46.9 Å². The summed E-state index contributed by atoms with van der Waals surface area (Å²) < 4.78 is 5.50. The lowest BCUT2D eigenvalue weighted by atomic mass is 10.2. The smallest absolute Gasteiger partial charge is 0.342 e. The summed E-state index contributed by atoms with van der Waals surface area (Å²) in [6.07, 6.45) is 0. The number of phenols is 1. The van der Waals surface area contributed by atoms with Gasteiger partial charge in [-0.1, -0.05) is 39.7 Å². The van der Waals surface area contributed by atoms with Gasteiger partial charge in [0.1, 0.15) is 11.3 Å². The van der Waals surface area contributed by atoms with Crippen molar-refractivity contribution < 1.29 is 19.4 Å². The maximum Gasteiger partial charge on any atom is 0.342 e. The standard InChI is InChI=1S/C16H13BrClNO4/c17-11-3-6-14(20)13(7-11)16(22)23-9-15(21)19-8-10-1-4-12(18)5-2-10/h1-7,20H,8-9H2,(H,19,21). The second-order valence-corrected chi connectivity index (χ2v) is 5.99. The molecule has 0 saturated heterocycles. The van der Waals surface area contributed by atoms with Gasteiger partial charge >= 0.3 is 5.97 Å². The lowest BCUT2D eigenvalue weighted by Crippen LogP contribution is -2.28. The number of carbonyl (C=O) groups excluding carboxylic acids is 2. The van der Waals surface area contributed by atoms with Crippen molar-refractivity contribution in [3.05, 3.63) is 63.1 Å². The maximum atomic E-state index is 11.8. The van der Waals surface area contributed by atoms with E-state index in [1.165, 1.54) is 12.1 Å². The number of carbonyl (C=O) groups is 2. The molecule has 2 aromatic rings. The summed E-state index contributed by atoms with van der Waals surface area (Å²) in [6.45, 7) is -0.131. The molecule has 0 saturated carbocycles. The predicted octanol–water partition coefficient (Wildman–Crippen LogP) is 3.28. The van der Waals surface area contributed by atoms with Crippen LogP contribution in [-0.2, 0) is 16.1 Å². The zero-order valence-electron chi connectivity index (χ0n) is 11.9. The molecule has 120 valence electrons. The fourth-order valence-electron chi connectivity index (χ4n) is 1.73. The van der Waals surface area contributed by atoms with Gasteiger partial charge in [-0.2, -0.15) is 0 Å². The lowest BCUT2D eigenvalue weighted by Gasteiger charge is -2.08. The molecule has 0 aliphatic carbocycles. The van der Waals surface area contributed by atoms with Crippen LogP contribution in [0.5, 0.6) is 5.75 Å². The van der Waals surface area contributed by atoms with E-state index in [0.717, 1.165) is 5.56 Å². The van der Waals surface area contributed by atoms with Crippen molar-refractivity contribution >= 4 is 39.4 Å². The van der Waals surface area contributed by atoms with Crippen molar-refractivity contribution in [3.8, 4) is 5.75 Å². The van der Waals surface area contributed by atoms with Crippen LogP contribution in [0.1, 0.15) is 15.9 Å². The number of hydrogen-bond acceptors (Lipinski definition) is 4. The first-order valence-corrected chi connectivity index (χ1v) is 7.79. The maximum absolute atomic E-state index is 11.8. The molecule has 0 spiro atoms. The number of amides is 1. The number of esters is 1. The Morgan fingerprint density at radius 2 is 1.87 bits per heavy atom. The fourth-order valence-corrected chi connectivity index (χ4v) is 2.22. The zero-order valence-corrected chi connectivity index (χ0v) is 14.2. The second kappa shape index (κ2) is 7.99. The van der Waals surface area contributed by atoms with Crippen LogP contribution in [0.3, 0.4) is 0 Å². The van der Waals surface area contributed by atoms with E-state index in [0.29, 0.717) is 16.0 Å². The first kappa shape index (κ1) is 17.3. The largest absolute Gasteiger partial charge is 0.507 e. The molecule has 7 heteroatoms. The Balaban J connectivity index is 1.83. The number of benzene rings is 2. The van der Waals surface area contributed by atoms with Gasteiger partial charge in [0, 0.05) is 16.0 Å². The van der Waals surface area contributed by atoms with Crippen molar-refractivity contribution in [1.82, 2.24) is 5.32 Å². The Labute approximate surface area is 146 Å². The minimum atomic E-state index is -0.773.